The van der Waals surface area contributed by atoms with E-state index in [1.807, 2.05) is 0 Å². The number of nitrogens with one attached hydrogen (secondary N) is 2. The molecule has 0 unspecified atom stereocenters. The van der Waals surface area contributed by atoms with E-state index in [0.29, 0.717) is 16.9 Å². The Kier molecular flexibility index (Phi) is 4.56. The Balaban J connectivity index is 2.31. The minimum atomic E-state index is -4.07. The molecule has 0 saturated carbocycles. The van der Waals surface area contributed by atoms with E-state index < -0.39 is 20.9 Å². The van der Waals surface area contributed by atoms with Crippen LogP contribution in [0.3, 0.4) is 0 Å². The first-order valence-corrected chi connectivity index (χ1v) is 8.38. The lowest BCUT2D eigenvalue weighted by Gasteiger charge is -2.07. The van der Waals surface area contributed by atoms with E-state index in [0.717, 1.165) is 6.07 Å². The summed E-state index contributed by atoms with van der Waals surface area (Å²) in [6.07, 6.45) is 0. The predicted octanol–water partition coefficient (Wildman–Crippen LogP) is 1.51. The Morgan fingerprint density at radius 2 is 2.04 bits per heavy atom. The van der Waals surface area contributed by atoms with Crippen molar-refractivity contribution in [1.82, 2.24) is 10.2 Å². The number of hydrogen-bond donors (Lipinski definition) is 2. The fraction of sp³-hybridized carbons (Fsp3) is 0.182. The smallest absolute Gasteiger partial charge is 0.291 e. The van der Waals surface area contributed by atoms with Gasteiger partial charge in [0.2, 0.25) is 11.0 Å². The average molecular weight is 357 g/mol. The zero-order valence-electron chi connectivity index (χ0n) is 11.9. The number of nitrogens with zero attached hydrogens (tertiary/aromatic N) is 3. The lowest BCUT2D eigenvalue weighted by Crippen LogP contribution is -2.13. The second kappa shape index (κ2) is 6.26. The van der Waals surface area contributed by atoms with Crippen LogP contribution in [0.2, 0.25) is 0 Å². The van der Waals surface area contributed by atoms with Gasteiger partial charge in [-0.15, -0.1) is 10.2 Å². The molecule has 0 radical (unpaired) electrons. The van der Waals surface area contributed by atoms with Crippen LogP contribution in [-0.2, 0) is 14.8 Å². The molecule has 1 amide bonds. The molecule has 2 aromatic rings. The van der Waals surface area contributed by atoms with E-state index in [-0.39, 0.29) is 20.8 Å². The number of hydrogen-bond acceptors (Lipinski definition) is 8. The third kappa shape index (κ3) is 3.98. The molecule has 1 heterocycles. The number of sulfonamides is 1. The molecule has 0 aliphatic carbocycles. The molecule has 2 rings (SSSR count). The van der Waals surface area contributed by atoms with Crippen LogP contribution in [0.4, 0.5) is 16.5 Å². The lowest BCUT2D eigenvalue weighted by molar-refractivity contribution is -0.384. The molecule has 0 atom stereocenters. The molecular formula is C11H11N5O5S2. The number of nitro groups is 1. The van der Waals surface area contributed by atoms with Crippen molar-refractivity contribution in [2.45, 2.75) is 18.2 Å². The van der Waals surface area contributed by atoms with Gasteiger partial charge in [0.15, 0.2) is 0 Å². The summed E-state index contributed by atoms with van der Waals surface area (Å²) >= 11 is 0.665. The van der Waals surface area contributed by atoms with Crippen molar-refractivity contribution < 1.29 is 18.1 Å². The van der Waals surface area contributed by atoms with Crippen molar-refractivity contribution in [2.24, 2.45) is 0 Å². The monoisotopic (exact) mass is 357 g/mol. The van der Waals surface area contributed by atoms with E-state index in [1.165, 1.54) is 19.1 Å². The van der Waals surface area contributed by atoms with Crippen molar-refractivity contribution >= 4 is 43.8 Å². The number of benzene rings is 1. The van der Waals surface area contributed by atoms with E-state index >= 15 is 0 Å². The molecule has 122 valence electrons. The molecule has 23 heavy (non-hydrogen) atoms. The van der Waals surface area contributed by atoms with Crippen LogP contribution in [0.25, 0.3) is 0 Å². The summed E-state index contributed by atoms with van der Waals surface area (Å²) < 4.78 is 26.4. The number of aryl methyl sites for hydroxylation is 1. The van der Waals surface area contributed by atoms with Crippen LogP contribution in [-0.4, -0.2) is 29.4 Å². The predicted molar refractivity (Wildman–Crippen MR) is 82.9 cm³/mol. The maximum Gasteiger partial charge on any atom is 0.291 e. The highest BCUT2D eigenvalue weighted by molar-refractivity contribution is 7.94. The number of non-ortho nitro benzene ring substituents is 1. The zero-order valence-corrected chi connectivity index (χ0v) is 13.6. The fourth-order valence-corrected chi connectivity index (χ4v) is 3.61. The molecule has 0 fully saturated rings. The molecule has 0 bridgehead atoms. The summed E-state index contributed by atoms with van der Waals surface area (Å²) in [7, 11) is -4.07. The Morgan fingerprint density at radius 1 is 1.35 bits per heavy atom. The first-order valence-electron chi connectivity index (χ1n) is 6.08. The number of aromatic nitrogens is 2. The van der Waals surface area contributed by atoms with Crippen molar-refractivity contribution in [3.63, 3.8) is 0 Å². The zero-order chi connectivity index (χ0) is 17.2. The van der Waals surface area contributed by atoms with Crippen LogP contribution < -0.4 is 10.0 Å². The van der Waals surface area contributed by atoms with E-state index in [4.69, 9.17) is 0 Å². The fourth-order valence-electron chi connectivity index (χ4n) is 1.54. The van der Waals surface area contributed by atoms with Crippen molar-refractivity contribution in [3.05, 3.63) is 33.9 Å². The van der Waals surface area contributed by atoms with Gasteiger partial charge in [0.25, 0.3) is 20.1 Å². The summed E-state index contributed by atoms with van der Waals surface area (Å²) in [4.78, 5) is 21.1. The molecule has 0 spiro atoms. The van der Waals surface area contributed by atoms with Crippen LogP contribution in [0.15, 0.2) is 22.5 Å². The van der Waals surface area contributed by atoms with Crippen LogP contribution >= 0.6 is 11.3 Å². The van der Waals surface area contributed by atoms with E-state index in [2.05, 4.69) is 20.2 Å². The summed E-state index contributed by atoms with van der Waals surface area (Å²) in [5, 5.41) is 20.2. The first kappa shape index (κ1) is 16.8. The largest absolute Gasteiger partial charge is 0.301 e. The quantitative estimate of drug-likeness (QED) is 0.469. The Labute approximate surface area is 134 Å². The average Bonchev–Trinajstić information content (AvgIpc) is 2.89. The van der Waals surface area contributed by atoms with Crippen molar-refractivity contribution in [2.75, 3.05) is 10.0 Å². The summed E-state index contributed by atoms with van der Waals surface area (Å²) in [5.74, 6) is -0.410. The highest BCUT2D eigenvalue weighted by atomic mass is 32.2. The maximum atomic E-state index is 12.2. The van der Waals surface area contributed by atoms with Gasteiger partial charge in [0.05, 0.1) is 10.6 Å². The normalized spacial score (nSPS) is 11.0. The third-order valence-electron chi connectivity index (χ3n) is 2.60. The molecule has 1 aromatic carbocycles. The molecule has 10 nitrogen and oxygen atoms in total. The number of carbonyl (C=O) groups excluding carboxylic acids is 1. The summed E-state index contributed by atoms with van der Waals surface area (Å²) in [6, 6.07) is 3.81. The SMILES string of the molecule is CC(=O)Nc1nnc(S(=O)(=O)Nc2cc([N+](=O)[O-])ccc2C)s1. The topological polar surface area (TPSA) is 144 Å². The molecule has 0 aliphatic rings. The molecule has 1 aromatic heterocycles. The van der Waals surface area contributed by atoms with Gasteiger partial charge in [0.1, 0.15) is 0 Å². The summed E-state index contributed by atoms with van der Waals surface area (Å²) in [6.45, 7) is 2.85. The van der Waals surface area contributed by atoms with Gasteiger partial charge in [-0.1, -0.05) is 17.4 Å². The minimum absolute atomic E-state index is 0.0358. The van der Waals surface area contributed by atoms with Gasteiger partial charge in [-0.05, 0) is 12.5 Å². The standard InChI is InChI=1S/C11H11N5O5S2/c1-6-3-4-8(16(18)19)5-9(6)15-23(20,21)11-14-13-10(22-11)12-7(2)17/h3-5,15H,1-2H3,(H,12,13,17). The summed E-state index contributed by atoms with van der Waals surface area (Å²) in [5.41, 5.74) is 0.325. The lowest BCUT2D eigenvalue weighted by atomic mass is 10.2. The highest BCUT2D eigenvalue weighted by Gasteiger charge is 2.22. The van der Waals surface area contributed by atoms with E-state index in [1.54, 1.807) is 6.92 Å². The number of rotatable bonds is 5. The van der Waals surface area contributed by atoms with Crippen LogP contribution in [0.5, 0.6) is 0 Å². The second-order valence-electron chi connectivity index (χ2n) is 4.42. The second-order valence-corrected chi connectivity index (χ2v) is 7.25. The Bertz CT molecular complexity index is 877. The molecule has 0 aliphatic heterocycles. The van der Waals surface area contributed by atoms with Gasteiger partial charge in [-0.25, -0.2) is 0 Å². The first-order chi connectivity index (χ1) is 10.7. The Hall–Kier alpha value is -2.60. The third-order valence-corrected chi connectivity index (χ3v) is 5.17. The number of carbonyl (C=O) groups is 1. The molecule has 12 heteroatoms. The highest BCUT2D eigenvalue weighted by Crippen LogP contribution is 2.26. The van der Waals surface area contributed by atoms with Gasteiger partial charge in [0, 0.05) is 19.1 Å². The van der Waals surface area contributed by atoms with Gasteiger partial charge in [-0.3, -0.25) is 19.6 Å². The van der Waals surface area contributed by atoms with Crippen molar-refractivity contribution in [1.29, 1.82) is 0 Å². The van der Waals surface area contributed by atoms with Crippen LogP contribution in [0.1, 0.15) is 12.5 Å². The number of nitro benzene ring substituents is 1. The Morgan fingerprint density at radius 3 is 2.65 bits per heavy atom. The van der Waals surface area contributed by atoms with Crippen molar-refractivity contribution in [3.8, 4) is 0 Å². The van der Waals surface area contributed by atoms with Gasteiger partial charge < -0.3 is 5.32 Å². The van der Waals surface area contributed by atoms with E-state index in [9.17, 15) is 23.3 Å². The molecule has 0 saturated heterocycles. The number of amides is 1. The molecular weight excluding hydrogens is 346 g/mol. The maximum absolute atomic E-state index is 12.2. The van der Waals surface area contributed by atoms with Crippen LogP contribution in [0, 0.1) is 17.0 Å². The molecule has 2 N–H and O–H groups in total. The minimum Gasteiger partial charge on any atom is -0.301 e. The van der Waals surface area contributed by atoms with Gasteiger partial charge in [-0.2, -0.15) is 8.42 Å². The van der Waals surface area contributed by atoms with Gasteiger partial charge >= 0.3 is 0 Å². The number of anilines is 2.